The Balaban J connectivity index is 2.93. The molecule has 0 aliphatic carbocycles. The fourth-order valence-corrected chi connectivity index (χ4v) is 1.06. The van der Waals surface area contributed by atoms with Crippen molar-refractivity contribution in [1.29, 1.82) is 0 Å². The van der Waals surface area contributed by atoms with Crippen LogP contribution in [0.4, 0.5) is 5.69 Å². The summed E-state index contributed by atoms with van der Waals surface area (Å²) in [4.78, 5) is 10.7. The summed E-state index contributed by atoms with van der Waals surface area (Å²) in [7, 11) is 1.29. The third-order valence-corrected chi connectivity index (χ3v) is 1.62. The maximum Gasteiger partial charge on any atom is 0.359 e. The molecule has 1 heterocycles. The number of ether oxygens (including phenoxy) is 1. The molecule has 0 amide bonds. The fourth-order valence-electron chi connectivity index (χ4n) is 0.496. The van der Waals surface area contributed by atoms with Crippen molar-refractivity contribution in [2.45, 2.75) is 0 Å². The van der Waals surface area contributed by atoms with Gasteiger partial charge in [-0.05, 0) is 11.5 Å². The van der Waals surface area contributed by atoms with Gasteiger partial charge in [0.25, 0.3) is 0 Å². The Bertz CT molecular complexity index is 246. The maximum atomic E-state index is 10.7. The minimum atomic E-state index is -0.487. The highest BCUT2D eigenvalue weighted by Gasteiger charge is 2.11. The summed E-state index contributed by atoms with van der Waals surface area (Å²) in [5, 5.41) is 1.59. The molecule has 54 valence electrons. The smallest absolute Gasteiger partial charge is 0.359 e. The first kappa shape index (κ1) is 7.01. The van der Waals surface area contributed by atoms with Gasteiger partial charge in [-0.2, -0.15) is 4.37 Å². The van der Waals surface area contributed by atoms with Crippen LogP contribution in [-0.2, 0) is 4.74 Å². The number of rotatable bonds is 1. The number of anilines is 1. The van der Waals surface area contributed by atoms with E-state index in [4.69, 9.17) is 5.73 Å². The number of methoxy groups -OCH3 is 1. The number of nitrogen functional groups attached to an aromatic ring is 1. The number of carbonyl (C=O) groups is 1. The minimum Gasteiger partial charge on any atom is -0.464 e. The topological polar surface area (TPSA) is 65.2 Å². The molecule has 0 saturated heterocycles. The van der Waals surface area contributed by atoms with Crippen LogP contribution >= 0.6 is 11.5 Å². The quantitative estimate of drug-likeness (QED) is 0.605. The van der Waals surface area contributed by atoms with Gasteiger partial charge in [0.2, 0.25) is 0 Å². The zero-order valence-electron chi connectivity index (χ0n) is 5.33. The van der Waals surface area contributed by atoms with Crippen molar-refractivity contribution < 1.29 is 9.53 Å². The van der Waals surface area contributed by atoms with Gasteiger partial charge in [-0.3, -0.25) is 0 Å². The molecule has 10 heavy (non-hydrogen) atoms. The van der Waals surface area contributed by atoms with E-state index in [-0.39, 0.29) is 5.69 Å². The van der Waals surface area contributed by atoms with Crippen molar-refractivity contribution in [3.05, 3.63) is 11.1 Å². The molecular weight excluding hydrogens is 152 g/mol. The van der Waals surface area contributed by atoms with Crippen molar-refractivity contribution >= 4 is 23.2 Å². The molecule has 1 aromatic heterocycles. The number of nitrogens with two attached hydrogens (primary N) is 1. The first-order valence-corrected chi connectivity index (χ1v) is 3.37. The van der Waals surface area contributed by atoms with Crippen molar-refractivity contribution in [3.8, 4) is 0 Å². The normalized spacial score (nSPS) is 9.30. The Morgan fingerprint density at radius 2 is 2.60 bits per heavy atom. The Morgan fingerprint density at radius 3 is 3.00 bits per heavy atom. The summed E-state index contributed by atoms with van der Waals surface area (Å²) < 4.78 is 8.13. The van der Waals surface area contributed by atoms with Crippen LogP contribution in [0.15, 0.2) is 5.38 Å². The molecule has 5 heteroatoms. The predicted octanol–water partition coefficient (Wildman–Crippen LogP) is 0.512. The van der Waals surface area contributed by atoms with Crippen molar-refractivity contribution in [3.63, 3.8) is 0 Å². The standard InChI is InChI=1S/C5H6N2O2S/c1-9-5(8)4-3(6)2-10-7-4/h2H,6H2,1H3. The highest BCUT2D eigenvalue weighted by molar-refractivity contribution is 7.04. The number of carbonyl (C=O) groups excluding carboxylic acids is 1. The molecule has 1 aromatic rings. The molecule has 0 saturated carbocycles. The molecule has 4 nitrogen and oxygen atoms in total. The molecule has 0 aliphatic rings. The number of hydrogen-bond acceptors (Lipinski definition) is 5. The second-order valence-electron chi connectivity index (χ2n) is 1.61. The summed E-state index contributed by atoms with van der Waals surface area (Å²) in [6.07, 6.45) is 0. The Hall–Kier alpha value is -1.10. The molecule has 0 bridgehead atoms. The second-order valence-corrected chi connectivity index (χ2v) is 2.24. The zero-order chi connectivity index (χ0) is 7.56. The molecule has 0 aliphatic heterocycles. The molecule has 0 unspecified atom stereocenters. The van der Waals surface area contributed by atoms with Crippen molar-refractivity contribution in [1.82, 2.24) is 4.37 Å². The largest absolute Gasteiger partial charge is 0.464 e. The lowest BCUT2D eigenvalue weighted by atomic mass is 10.4. The van der Waals surface area contributed by atoms with Gasteiger partial charge in [0.15, 0.2) is 5.69 Å². The monoisotopic (exact) mass is 158 g/mol. The molecule has 0 atom stereocenters. The first-order chi connectivity index (χ1) is 4.75. The molecule has 0 spiro atoms. The third-order valence-electron chi connectivity index (χ3n) is 0.976. The van der Waals surface area contributed by atoms with E-state index >= 15 is 0 Å². The van der Waals surface area contributed by atoms with Gasteiger partial charge in [0.05, 0.1) is 12.8 Å². The van der Waals surface area contributed by atoms with Crippen molar-refractivity contribution in [2.24, 2.45) is 0 Å². The van der Waals surface area contributed by atoms with Crippen LogP contribution in [0, 0.1) is 0 Å². The maximum absolute atomic E-state index is 10.7. The van der Waals surface area contributed by atoms with Crippen LogP contribution in [0.5, 0.6) is 0 Å². The SMILES string of the molecule is COC(=O)c1nscc1N. The predicted molar refractivity (Wildman–Crippen MR) is 37.9 cm³/mol. The first-order valence-electron chi connectivity index (χ1n) is 2.54. The van der Waals surface area contributed by atoms with Crippen LogP contribution in [0.3, 0.4) is 0 Å². The highest BCUT2D eigenvalue weighted by atomic mass is 32.1. The van der Waals surface area contributed by atoms with Crippen LogP contribution < -0.4 is 5.73 Å². The van der Waals surface area contributed by atoms with E-state index in [1.165, 1.54) is 7.11 Å². The van der Waals surface area contributed by atoms with Crippen LogP contribution in [-0.4, -0.2) is 17.5 Å². The van der Waals surface area contributed by atoms with Gasteiger partial charge in [-0.25, -0.2) is 4.79 Å². The van der Waals surface area contributed by atoms with Crippen molar-refractivity contribution in [2.75, 3.05) is 12.8 Å². The lowest BCUT2D eigenvalue weighted by Gasteiger charge is -1.92. The molecular formula is C5H6N2O2S. The minimum absolute atomic E-state index is 0.201. The molecule has 0 fully saturated rings. The molecule has 1 rings (SSSR count). The zero-order valence-corrected chi connectivity index (χ0v) is 6.14. The van der Waals surface area contributed by atoms with E-state index in [9.17, 15) is 4.79 Å². The van der Waals surface area contributed by atoms with Gasteiger partial charge in [-0.15, -0.1) is 0 Å². The number of nitrogens with zero attached hydrogens (tertiary/aromatic N) is 1. The van der Waals surface area contributed by atoms with Gasteiger partial charge < -0.3 is 10.5 Å². The van der Waals surface area contributed by atoms with E-state index in [1.807, 2.05) is 0 Å². The lowest BCUT2D eigenvalue weighted by Crippen LogP contribution is -2.04. The summed E-state index contributed by atoms with van der Waals surface area (Å²) in [6.45, 7) is 0. The molecule has 0 aromatic carbocycles. The van der Waals surface area contributed by atoms with E-state index in [2.05, 4.69) is 9.11 Å². The number of esters is 1. The lowest BCUT2D eigenvalue weighted by molar-refractivity contribution is 0.0597. The summed E-state index contributed by atoms with van der Waals surface area (Å²) in [5.41, 5.74) is 5.94. The van der Waals surface area contributed by atoms with Gasteiger partial charge in [0.1, 0.15) is 0 Å². The molecule has 0 radical (unpaired) electrons. The Labute approximate surface area is 61.8 Å². The van der Waals surface area contributed by atoms with E-state index < -0.39 is 5.97 Å². The Morgan fingerprint density at radius 1 is 1.90 bits per heavy atom. The van der Waals surface area contributed by atoms with E-state index in [1.54, 1.807) is 5.38 Å². The fraction of sp³-hybridized carbons (Fsp3) is 0.200. The third kappa shape index (κ3) is 1.08. The average molecular weight is 158 g/mol. The van der Waals surface area contributed by atoms with E-state index in [0.717, 1.165) is 11.5 Å². The van der Waals surface area contributed by atoms with Crippen LogP contribution in [0.2, 0.25) is 0 Å². The van der Waals surface area contributed by atoms with Gasteiger partial charge >= 0.3 is 5.97 Å². The Kier molecular flexibility index (Phi) is 1.86. The van der Waals surface area contributed by atoms with Gasteiger partial charge in [0, 0.05) is 5.38 Å². The van der Waals surface area contributed by atoms with Gasteiger partial charge in [-0.1, -0.05) is 0 Å². The number of aromatic nitrogens is 1. The summed E-state index contributed by atoms with van der Waals surface area (Å²) in [5.74, 6) is -0.487. The van der Waals surface area contributed by atoms with Crippen LogP contribution in [0.1, 0.15) is 10.5 Å². The number of hydrogen-bond donors (Lipinski definition) is 1. The van der Waals surface area contributed by atoms with E-state index in [0.29, 0.717) is 5.69 Å². The van der Waals surface area contributed by atoms with Crippen LogP contribution in [0.25, 0.3) is 0 Å². The summed E-state index contributed by atoms with van der Waals surface area (Å²) >= 11 is 1.13. The second kappa shape index (κ2) is 2.66. The highest BCUT2D eigenvalue weighted by Crippen LogP contribution is 2.12. The average Bonchev–Trinajstić information content (AvgIpc) is 2.34. The molecule has 2 N–H and O–H groups in total. The summed E-state index contributed by atoms with van der Waals surface area (Å²) in [6, 6.07) is 0.